The maximum Gasteiger partial charge on any atom is 0.288 e. The first-order valence-electron chi connectivity index (χ1n) is 5.39. The molecule has 17 heavy (non-hydrogen) atoms. The number of rotatable bonds is 1. The van der Waals surface area contributed by atoms with E-state index in [1.165, 1.54) is 12.1 Å². The Morgan fingerprint density at radius 1 is 1.35 bits per heavy atom. The van der Waals surface area contributed by atoms with E-state index in [9.17, 15) is 9.18 Å². The molecule has 0 aliphatic heterocycles. The van der Waals surface area contributed by atoms with Gasteiger partial charge in [0.15, 0.2) is 0 Å². The van der Waals surface area contributed by atoms with Gasteiger partial charge in [-0.25, -0.2) is 9.49 Å². The van der Waals surface area contributed by atoms with Crippen LogP contribution in [0.4, 0.5) is 4.39 Å². The Balaban J connectivity index is 2.62. The molecule has 86 valence electrons. The zero-order valence-corrected chi connectivity index (χ0v) is 9.20. The van der Waals surface area contributed by atoms with Gasteiger partial charge in [0, 0.05) is 11.8 Å². The quantitative estimate of drug-likeness (QED) is 0.695. The van der Waals surface area contributed by atoms with Gasteiger partial charge in [-0.2, -0.15) is 5.10 Å². The van der Waals surface area contributed by atoms with Gasteiger partial charge in [-0.05, 0) is 24.3 Å². The molecule has 3 aromatic rings. The van der Waals surface area contributed by atoms with Gasteiger partial charge in [0.2, 0.25) is 0 Å². The minimum absolute atomic E-state index is 0.265. The van der Waals surface area contributed by atoms with Crippen molar-refractivity contribution in [2.24, 2.45) is 0 Å². The van der Waals surface area contributed by atoms with Crippen molar-refractivity contribution >= 4 is 16.4 Å². The molecule has 1 aromatic carbocycles. The molecule has 5 heteroatoms. The standard InChI is InChI=1S/C12H10FN3O/c1-2-11-14-15-12(17)10-5-7-3-4-8(13)6-9(7)16(10)11/h3-6H,2H2,1H3,(H,15,17). The Morgan fingerprint density at radius 3 is 2.94 bits per heavy atom. The second kappa shape index (κ2) is 3.41. The van der Waals surface area contributed by atoms with E-state index in [2.05, 4.69) is 10.2 Å². The van der Waals surface area contributed by atoms with Gasteiger partial charge in [-0.15, -0.1) is 0 Å². The van der Waals surface area contributed by atoms with Gasteiger partial charge in [0.05, 0.1) is 5.52 Å². The molecule has 0 fully saturated rings. The molecule has 0 aliphatic rings. The van der Waals surface area contributed by atoms with Crippen LogP contribution in [0.15, 0.2) is 29.1 Å². The zero-order chi connectivity index (χ0) is 12.0. The second-order valence-electron chi connectivity index (χ2n) is 3.89. The van der Waals surface area contributed by atoms with E-state index < -0.39 is 0 Å². The zero-order valence-electron chi connectivity index (χ0n) is 9.20. The predicted molar refractivity (Wildman–Crippen MR) is 62.7 cm³/mol. The Morgan fingerprint density at radius 2 is 2.18 bits per heavy atom. The first kappa shape index (κ1) is 10.0. The topological polar surface area (TPSA) is 50.2 Å². The summed E-state index contributed by atoms with van der Waals surface area (Å²) in [5.41, 5.74) is 0.909. The molecule has 3 rings (SSSR count). The SMILES string of the molecule is CCc1n[nH]c(=O)c2cc3ccc(F)cc3n12. The first-order valence-corrected chi connectivity index (χ1v) is 5.39. The molecule has 0 spiro atoms. The van der Waals surface area contributed by atoms with Gasteiger partial charge in [-0.1, -0.05) is 6.92 Å². The van der Waals surface area contributed by atoms with Crippen molar-refractivity contribution in [3.05, 3.63) is 46.3 Å². The van der Waals surface area contributed by atoms with E-state index in [0.717, 1.165) is 5.39 Å². The molecule has 2 heterocycles. The van der Waals surface area contributed by atoms with Gasteiger partial charge < -0.3 is 0 Å². The van der Waals surface area contributed by atoms with Crippen molar-refractivity contribution in [3.8, 4) is 0 Å². The number of fused-ring (bicyclic) bond motifs is 3. The van der Waals surface area contributed by atoms with Crippen molar-refractivity contribution in [2.45, 2.75) is 13.3 Å². The fourth-order valence-electron chi connectivity index (χ4n) is 2.08. The molecule has 0 aliphatic carbocycles. The van der Waals surface area contributed by atoms with Crippen LogP contribution in [0, 0.1) is 5.82 Å². The minimum atomic E-state index is -0.320. The Labute approximate surface area is 95.7 Å². The van der Waals surface area contributed by atoms with Crippen LogP contribution in [0.3, 0.4) is 0 Å². The maximum atomic E-state index is 13.3. The number of nitrogens with zero attached hydrogens (tertiary/aromatic N) is 2. The molecule has 1 N–H and O–H groups in total. The van der Waals surface area contributed by atoms with Gasteiger partial charge in [0.1, 0.15) is 17.2 Å². The van der Waals surface area contributed by atoms with E-state index in [-0.39, 0.29) is 11.4 Å². The highest BCUT2D eigenvalue weighted by atomic mass is 19.1. The van der Waals surface area contributed by atoms with Gasteiger partial charge in [-0.3, -0.25) is 9.20 Å². The van der Waals surface area contributed by atoms with Crippen LogP contribution in [-0.2, 0) is 6.42 Å². The van der Waals surface area contributed by atoms with Crippen molar-refractivity contribution < 1.29 is 4.39 Å². The highest BCUT2D eigenvalue weighted by Crippen LogP contribution is 2.20. The van der Waals surface area contributed by atoms with Crippen LogP contribution in [-0.4, -0.2) is 14.6 Å². The fourth-order valence-corrected chi connectivity index (χ4v) is 2.08. The van der Waals surface area contributed by atoms with Crippen molar-refractivity contribution in [3.63, 3.8) is 0 Å². The highest BCUT2D eigenvalue weighted by molar-refractivity contribution is 5.87. The summed E-state index contributed by atoms with van der Waals surface area (Å²) in [5, 5.41) is 7.26. The molecule has 0 unspecified atom stereocenters. The number of hydrogen-bond donors (Lipinski definition) is 1. The summed E-state index contributed by atoms with van der Waals surface area (Å²) in [7, 11) is 0. The third-order valence-electron chi connectivity index (χ3n) is 2.86. The molecule has 2 aromatic heterocycles. The summed E-state index contributed by atoms with van der Waals surface area (Å²) >= 11 is 0. The van der Waals surface area contributed by atoms with Gasteiger partial charge in [0.25, 0.3) is 5.56 Å². The number of aromatic amines is 1. The van der Waals surface area contributed by atoms with Crippen LogP contribution in [0.2, 0.25) is 0 Å². The van der Waals surface area contributed by atoms with Crippen LogP contribution in [0.5, 0.6) is 0 Å². The lowest BCUT2D eigenvalue weighted by atomic mass is 10.2. The molecule has 0 bridgehead atoms. The van der Waals surface area contributed by atoms with Crippen molar-refractivity contribution in [1.82, 2.24) is 14.6 Å². The number of aromatic nitrogens is 3. The number of halogens is 1. The van der Waals surface area contributed by atoms with Crippen molar-refractivity contribution in [1.29, 1.82) is 0 Å². The molecular weight excluding hydrogens is 221 g/mol. The largest absolute Gasteiger partial charge is 0.291 e. The number of H-pyrrole nitrogens is 1. The molecule has 0 amide bonds. The first-order chi connectivity index (χ1) is 8.20. The number of benzene rings is 1. The van der Waals surface area contributed by atoms with Crippen LogP contribution >= 0.6 is 0 Å². The van der Waals surface area contributed by atoms with E-state index in [4.69, 9.17) is 0 Å². The summed E-state index contributed by atoms with van der Waals surface area (Å²) in [6.45, 7) is 1.94. The Kier molecular flexibility index (Phi) is 2.01. The lowest BCUT2D eigenvalue weighted by Crippen LogP contribution is -2.14. The van der Waals surface area contributed by atoms with Crippen molar-refractivity contribution in [2.75, 3.05) is 0 Å². The number of aryl methyl sites for hydroxylation is 1. The third kappa shape index (κ3) is 1.35. The number of hydrogen-bond acceptors (Lipinski definition) is 2. The summed E-state index contributed by atoms with van der Waals surface area (Å²) in [6, 6.07) is 6.21. The summed E-state index contributed by atoms with van der Waals surface area (Å²) in [5.74, 6) is 0.389. The minimum Gasteiger partial charge on any atom is -0.291 e. The second-order valence-corrected chi connectivity index (χ2v) is 3.89. The van der Waals surface area contributed by atoms with E-state index >= 15 is 0 Å². The fraction of sp³-hybridized carbons (Fsp3) is 0.167. The van der Waals surface area contributed by atoms with Crippen LogP contribution < -0.4 is 5.56 Å². The maximum absolute atomic E-state index is 13.3. The molecule has 4 nitrogen and oxygen atoms in total. The molecule has 0 atom stereocenters. The smallest absolute Gasteiger partial charge is 0.288 e. The summed E-state index contributed by atoms with van der Waals surface area (Å²) < 4.78 is 15.0. The van der Waals surface area contributed by atoms with E-state index in [0.29, 0.717) is 23.3 Å². The average Bonchev–Trinajstić information content (AvgIpc) is 2.70. The average molecular weight is 231 g/mol. The van der Waals surface area contributed by atoms with Crippen LogP contribution in [0.25, 0.3) is 16.4 Å². The Hall–Kier alpha value is -2.17. The monoisotopic (exact) mass is 231 g/mol. The lowest BCUT2D eigenvalue weighted by Gasteiger charge is -2.02. The number of nitrogens with one attached hydrogen (secondary N) is 1. The van der Waals surface area contributed by atoms with Gasteiger partial charge >= 0.3 is 0 Å². The van der Waals surface area contributed by atoms with E-state index in [1.807, 2.05) is 6.92 Å². The Bertz CT molecular complexity index is 772. The molecule has 0 radical (unpaired) electrons. The van der Waals surface area contributed by atoms with Crippen LogP contribution in [0.1, 0.15) is 12.7 Å². The predicted octanol–water partition coefficient (Wildman–Crippen LogP) is 1.88. The summed E-state index contributed by atoms with van der Waals surface area (Å²) in [6.07, 6.45) is 0.660. The molecular formula is C12H10FN3O. The molecule has 0 saturated carbocycles. The molecule has 0 saturated heterocycles. The third-order valence-corrected chi connectivity index (χ3v) is 2.86. The highest BCUT2D eigenvalue weighted by Gasteiger charge is 2.10. The lowest BCUT2D eigenvalue weighted by molar-refractivity contribution is 0.629. The van der Waals surface area contributed by atoms with E-state index in [1.54, 1.807) is 16.5 Å². The summed E-state index contributed by atoms with van der Waals surface area (Å²) in [4.78, 5) is 11.7. The normalized spacial score (nSPS) is 11.4.